The van der Waals surface area contributed by atoms with E-state index in [1.807, 2.05) is 26.8 Å². The van der Waals surface area contributed by atoms with E-state index in [2.05, 4.69) is 5.32 Å². The number of nitrogens with zero attached hydrogens (tertiary/aromatic N) is 1. The molecule has 0 bridgehead atoms. The highest BCUT2D eigenvalue weighted by molar-refractivity contribution is 7.19. The van der Waals surface area contributed by atoms with E-state index < -0.39 is 0 Å². The molecule has 1 N–H and O–H groups in total. The molecule has 0 aliphatic rings. The Kier molecular flexibility index (Phi) is 5.23. The zero-order chi connectivity index (χ0) is 18.8. The molecule has 3 aromatic rings. The second-order valence-electron chi connectivity index (χ2n) is 6.43. The third-order valence-electron chi connectivity index (χ3n) is 4.48. The average molecular weight is 372 g/mol. The third kappa shape index (κ3) is 3.55. The van der Waals surface area contributed by atoms with E-state index in [1.54, 1.807) is 22.9 Å². The molecule has 0 spiro atoms. The highest BCUT2D eigenvalue weighted by atomic mass is 32.1. The normalized spacial score (nSPS) is 12.3. The number of benzene rings is 1. The van der Waals surface area contributed by atoms with Crippen molar-refractivity contribution in [2.45, 2.75) is 39.8 Å². The van der Waals surface area contributed by atoms with Crippen LogP contribution in [0.3, 0.4) is 0 Å². The monoisotopic (exact) mass is 372 g/mol. The van der Waals surface area contributed by atoms with Crippen molar-refractivity contribution in [3.8, 4) is 0 Å². The summed E-state index contributed by atoms with van der Waals surface area (Å²) in [6.45, 7) is 6.13. The number of hydrogen-bond donors (Lipinski definition) is 1. The van der Waals surface area contributed by atoms with E-state index in [0.29, 0.717) is 17.5 Å². The SMILES string of the molecule is CC[C@H](C)NC(=O)c1c(C)sc2ccn(Cc3ccc(F)cc3)c(=O)c12. The molecule has 1 amide bonds. The fraction of sp³-hybridized carbons (Fsp3) is 0.300. The third-order valence-corrected chi connectivity index (χ3v) is 5.55. The minimum atomic E-state index is -0.311. The number of amides is 1. The zero-order valence-corrected chi connectivity index (χ0v) is 15.8. The van der Waals surface area contributed by atoms with E-state index >= 15 is 0 Å². The van der Waals surface area contributed by atoms with Gasteiger partial charge in [-0.2, -0.15) is 0 Å². The van der Waals surface area contributed by atoms with E-state index in [4.69, 9.17) is 0 Å². The van der Waals surface area contributed by atoms with Crippen LogP contribution in [0.5, 0.6) is 0 Å². The van der Waals surface area contributed by atoms with E-state index in [9.17, 15) is 14.0 Å². The minimum absolute atomic E-state index is 0.0435. The molecule has 0 saturated carbocycles. The number of fused-ring (bicyclic) bond motifs is 1. The smallest absolute Gasteiger partial charge is 0.260 e. The van der Waals surface area contributed by atoms with E-state index in [-0.39, 0.29) is 23.3 Å². The van der Waals surface area contributed by atoms with Crippen LogP contribution in [0.15, 0.2) is 41.3 Å². The lowest BCUT2D eigenvalue weighted by atomic mass is 10.1. The van der Waals surface area contributed by atoms with Crippen molar-refractivity contribution < 1.29 is 9.18 Å². The topological polar surface area (TPSA) is 51.1 Å². The van der Waals surface area contributed by atoms with Gasteiger partial charge in [0.25, 0.3) is 11.5 Å². The molecule has 3 rings (SSSR count). The van der Waals surface area contributed by atoms with Gasteiger partial charge < -0.3 is 9.88 Å². The lowest BCUT2D eigenvalue weighted by molar-refractivity contribution is 0.0940. The first-order valence-corrected chi connectivity index (χ1v) is 9.40. The first-order valence-electron chi connectivity index (χ1n) is 8.58. The second-order valence-corrected chi connectivity index (χ2v) is 7.69. The fourth-order valence-corrected chi connectivity index (χ4v) is 3.89. The molecule has 0 radical (unpaired) electrons. The Hall–Kier alpha value is -2.47. The van der Waals surface area contributed by atoms with Crippen LogP contribution >= 0.6 is 11.3 Å². The molecule has 1 aromatic carbocycles. The molecular weight excluding hydrogens is 351 g/mol. The van der Waals surface area contributed by atoms with E-state index in [1.165, 1.54) is 23.5 Å². The number of aryl methyl sites for hydroxylation is 1. The van der Waals surface area contributed by atoms with Gasteiger partial charge in [0, 0.05) is 21.8 Å². The van der Waals surface area contributed by atoms with Crippen molar-refractivity contribution in [2.24, 2.45) is 0 Å². The molecule has 0 unspecified atom stereocenters. The number of carbonyl (C=O) groups excluding carboxylic acids is 1. The second kappa shape index (κ2) is 7.41. The Balaban J connectivity index is 2.04. The van der Waals surface area contributed by atoms with Crippen LogP contribution < -0.4 is 10.9 Å². The van der Waals surface area contributed by atoms with Crippen molar-refractivity contribution in [1.29, 1.82) is 0 Å². The van der Waals surface area contributed by atoms with Gasteiger partial charge in [-0.25, -0.2) is 4.39 Å². The fourth-order valence-electron chi connectivity index (χ4n) is 2.85. The largest absolute Gasteiger partial charge is 0.350 e. The van der Waals surface area contributed by atoms with Crippen molar-refractivity contribution >= 4 is 27.3 Å². The molecule has 0 fully saturated rings. The van der Waals surface area contributed by atoms with Gasteiger partial charge in [0.1, 0.15) is 5.82 Å². The number of nitrogens with one attached hydrogen (secondary N) is 1. The van der Waals surface area contributed by atoms with Crippen molar-refractivity contribution in [3.63, 3.8) is 0 Å². The van der Waals surface area contributed by atoms with Crippen molar-refractivity contribution in [2.75, 3.05) is 0 Å². The Morgan fingerprint density at radius 3 is 2.62 bits per heavy atom. The molecule has 4 nitrogen and oxygen atoms in total. The lowest BCUT2D eigenvalue weighted by Gasteiger charge is -2.12. The summed E-state index contributed by atoms with van der Waals surface area (Å²) >= 11 is 1.45. The maximum Gasteiger partial charge on any atom is 0.260 e. The van der Waals surface area contributed by atoms with Crippen LogP contribution in [-0.4, -0.2) is 16.5 Å². The first-order chi connectivity index (χ1) is 12.4. The Morgan fingerprint density at radius 1 is 1.27 bits per heavy atom. The number of pyridine rings is 1. The van der Waals surface area contributed by atoms with Crippen molar-refractivity contribution in [1.82, 2.24) is 9.88 Å². The van der Waals surface area contributed by atoms with Crippen LogP contribution in [0.25, 0.3) is 10.1 Å². The van der Waals surface area contributed by atoms with Crippen LogP contribution in [0.1, 0.15) is 41.1 Å². The van der Waals surface area contributed by atoms with Crippen LogP contribution in [0.2, 0.25) is 0 Å². The summed E-state index contributed by atoms with van der Waals surface area (Å²) in [5, 5.41) is 3.40. The minimum Gasteiger partial charge on any atom is -0.350 e. The summed E-state index contributed by atoms with van der Waals surface area (Å²) in [5.74, 6) is -0.520. The first kappa shape index (κ1) is 18.3. The number of aromatic nitrogens is 1. The quantitative estimate of drug-likeness (QED) is 0.733. The average Bonchev–Trinajstić information content (AvgIpc) is 2.96. The van der Waals surface area contributed by atoms with Gasteiger partial charge in [0.05, 0.1) is 17.5 Å². The molecule has 2 heterocycles. The Labute approximate surface area is 155 Å². The van der Waals surface area contributed by atoms with Gasteiger partial charge in [-0.15, -0.1) is 11.3 Å². The Bertz CT molecular complexity index is 1010. The summed E-state index contributed by atoms with van der Waals surface area (Å²) in [6, 6.07) is 7.96. The Morgan fingerprint density at radius 2 is 1.96 bits per heavy atom. The number of carbonyl (C=O) groups is 1. The predicted octanol–water partition coefficient (Wildman–Crippen LogP) is 4.09. The summed E-state index contributed by atoms with van der Waals surface area (Å²) in [4.78, 5) is 26.5. The summed E-state index contributed by atoms with van der Waals surface area (Å²) in [6.07, 6.45) is 2.54. The molecular formula is C20H21FN2O2S. The molecule has 2 aromatic heterocycles. The standard InChI is InChI=1S/C20H21FN2O2S/c1-4-12(2)22-19(24)17-13(3)26-16-9-10-23(20(25)18(16)17)11-14-5-7-15(21)8-6-14/h5-10,12H,4,11H2,1-3H3,(H,22,24)/t12-/m0/s1. The molecule has 0 saturated heterocycles. The maximum absolute atomic E-state index is 13.1. The predicted molar refractivity (Wildman–Crippen MR) is 104 cm³/mol. The van der Waals surface area contributed by atoms with Crippen LogP contribution in [0, 0.1) is 12.7 Å². The molecule has 0 aliphatic heterocycles. The van der Waals surface area contributed by atoms with Gasteiger partial charge in [0.2, 0.25) is 0 Å². The molecule has 136 valence electrons. The molecule has 6 heteroatoms. The number of halogens is 1. The zero-order valence-electron chi connectivity index (χ0n) is 15.0. The van der Waals surface area contributed by atoms with Gasteiger partial charge in [-0.1, -0.05) is 19.1 Å². The van der Waals surface area contributed by atoms with E-state index in [0.717, 1.165) is 21.6 Å². The number of rotatable bonds is 5. The van der Waals surface area contributed by atoms with Gasteiger partial charge in [0.15, 0.2) is 0 Å². The number of hydrogen-bond acceptors (Lipinski definition) is 3. The van der Waals surface area contributed by atoms with Gasteiger partial charge in [-0.05, 0) is 44.0 Å². The summed E-state index contributed by atoms with van der Waals surface area (Å²) < 4.78 is 15.4. The van der Waals surface area contributed by atoms with Gasteiger partial charge >= 0.3 is 0 Å². The van der Waals surface area contributed by atoms with Gasteiger partial charge in [-0.3, -0.25) is 9.59 Å². The molecule has 1 atom stereocenters. The highest BCUT2D eigenvalue weighted by Crippen LogP contribution is 2.28. The number of thiophene rings is 1. The molecule has 0 aliphatic carbocycles. The maximum atomic E-state index is 13.1. The summed E-state index contributed by atoms with van der Waals surface area (Å²) in [5.41, 5.74) is 1.08. The van der Waals surface area contributed by atoms with Crippen LogP contribution in [-0.2, 0) is 6.54 Å². The molecule has 26 heavy (non-hydrogen) atoms. The highest BCUT2D eigenvalue weighted by Gasteiger charge is 2.21. The summed E-state index contributed by atoms with van der Waals surface area (Å²) in [7, 11) is 0. The van der Waals surface area contributed by atoms with Crippen molar-refractivity contribution in [3.05, 3.63) is 68.7 Å². The van der Waals surface area contributed by atoms with Crippen LogP contribution in [0.4, 0.5) is 4.39 Å². The lowest BCUT2D eigenvalue weighted by Crippen LogP contribution is -2.33.